The van der Waals surface area contributed by atoms with Crippen molar-refractivity contribution in [2.75, 3.05) is 0 Å². The Morgan fingerprint density at radius 2 is 1.53 bits per heavy atom. The first-order valence-corrected chi connectivity index (χ1v) is 7.30. The van der Waals surface area contributed by atoms with E-state index in [1.165, 1.54) is 0 Å². The number of hydrogen-bond acceptors (Lipinski definition) is 3. The topological polar surface area (TPSA) is 58.2 Å². The van der Waals surface area contributed by atoms with Gasteiger partial charge in [-0.1, -0.05) is 34.6 Å². The lowest BCUT2D eigenvalue weighted by Crippen LogP contribution is -2.53. The summed E-state index contributed by atoms with van der Waals surface area (Å²) in [5.41, 5.74) is 0. The molecule has 0 aromatic heterocycles. The van der Waals surface area contributed by atoms with Crippen LogP contribution in [0.2, 0.25) is 0 Å². The van der Waals surface area contributed by atoms with E-state index >= 15 is 0 Å². The molecule has 0 rings (SSSR count). The van der Waals surface area contributed by atoms with E-state index in [1.54, 1.807) is 6.92 Å². The number of nitrogens with one attached hydrogen (secondary N) is 2. The summed E-state index contributed by atoms with van der Waals surface area (Å²) in [6, 6.07) is -0.390. The third kappa shape index (κ3) is 6.19. The molecular formula is C15H30N2O2. The molecule has 0 bridgehead atoms. The van der Waals surface area contributed by atoms with Crippen LogP contribution in [0.4, 0.5) is 0 Å². The molecule has 112 valence electrons. The van der Waals surface area contributed by atoms with E-state index in [-0.39, 0.29) is 35.6 Å². The minimum absolute atomic E-state index is 0.0599. The van der Waals surface area contributed by atoms with Gasteiger partial charge in [-0.25, -0.2) is 0 Å². The van der Waals surface area contributed by atoms with Crippen molar-refractivity contribution in [3.05, 3.63) is 0 Å². The highest BCUT2D eigenvalue weighted by molar-refractivity contribution is 5.91. The van der Waals surface area contributed by atoms with Gasteiger partial charge >= 0.3 is 0 Å². The van der Waals surface area contributed by atoms with E-state index in [2.05, 4.69) is 24.5 Å². The highest BCUT2D eigenvalue weighted by Crippen LogP contribution is 2.06. The Morgan fingerprint density at radius 3 is 1.89 bits per heavy atom. The fraction of sp³-hybridized carbons (Fsp3) is 0.867. The van der Waals surface area contributed by atoms with Crippen LogP contribution in [0.3, 0.4) is 0 Å². The molecule has 0 heterocycles. The average molecular weight is 270 g/mol. The Bertz CT molecular complexity index is 301. The van der Waals surface area contributed by atoms with Gasteiger partial charge in [0.2, 0.25) is 5.91 Å². The SMILES string of the molecule is CCC(C)N[C@H](C(=O)N[C@@H](C)C(=O)C(C)C)C(C)C. The van der Waals surface area contributed by atoms with Gasteiger partial charge in [-0.05, 0) is 26.2 Å². The molecule has 2 N–H and O–H groups in total. The van der Waals surface area contributed by atoms with Gasteiger partial charge in [-0.3, -0.25) is 9.59 Å². The number of amides is 1. The lowest BCUT2D eigenvalue weighted by atomic mass is 9.99. The number of rotatable bonds is 8. The van der Waals surface area contributed by atoms with Crippen molar-refractivity contribution in [3.63, 3.8) is 0 Å². The van der Waals surface area contributed by atoms with Crippen molar-refractivity contribution >= 4 is 11.7 Å². The van der Waals surface area contributed by atoms with Crippen LogP contribution in [0.25, 0.3) is 0 Å². The van der Waals surface area contributed by atoms with Crippen LogP contribution in [0.15, 0.2) is 0 Å². The summed E-state index contributed by atoms with van der Waals surface area (Å²) in [7, 11) is 0. The molecule has 0 aliphatic heterocycles. The zero-order chi connectivity index (χ0) is 15.2. The first-order chi connectivity index (χ1) is 8.70. The van der Waals surface area contributed by atoms with Gasteiger partial charge in [-0.15, -0.1) is 0 Å². The summed E-state index contributed by atoms with van der Waals surface area (Å²) < 4.78 is 0. The first-order valence-electron chi connectivity index (χ1n) is 7.30. The van der Waals surface area contributed by atoms with Crippen LogP contribution in [-0.4, -0.2) is 29.8 Å². The van der Waals surface area contributed by atoms with E-state index in [9.17, 15) is 9.59 Å². The molecule has 0 aromatic rings. The second-order valence-corrected chi connectivity index (χ2v) is 5.98. The van der Waals surface area contributed by atoms with Gasteiger partial charge in [0.15, 0.2) is 5.78 Å². The molecule has 0 aromatic carbocycles. The lowest BCUT2D eigenvalue weighted by Gasteiger charge is -2.26. The highest BCUT2D eigenvalue weighted by atomic mass is 16.2. The molecule has 0 aliphatic carbocycles. The Balaban J connectivity index is 4.61. The van der Waals surface area contributed by atoms with E-state index in [4.69, 9.17) is 0 Å². The molecule has 0 saturated heterocycles. The normalized spacial score (nSPS) is 16.3. The second kappa shape index (κ2) is 8.31. The van der Waals surface area contributed by atoms with Crippen molar-refractivity contribution in [1.29, 1.82) is 0 Å². The van der Waals surface area contributed by atoms with Gasteiger partial charge in [0.25, 0.3) is 0 Å². The number of hydrogen-bond donors (Lipinski definition) is 2. The molecule has 0 aliphatic rings. The molecule has 4 heteroatoms. The fourth-order valence-electron chi connectivity index (χ4n) is 1.87. The first kappa shape index (κ1) is 18.1. The van der Waals surface area contributed by atoms with Gasteiger partial charge in [0.1, 0.15) is 0 Å². The molecule has 1 unspecified atom stereocenters. The van der Waals surface area contributed by atoms with Gasteiger partial charge < -0.3 is 10.6 Å². The smallest absolute Gasteiger partial charge is 0.237 e. The third-order valence-corrected chi connectivity index (χ3v) is 3.38. The standard InChI is InChI=1S/C15H30N2O2/c1-8-11(6)16-13(9(2)3)15(19)17-12(7)14(18)10(4)5/h9-13,16H,8H2,1-7H3,(H,17,19)/t11?,12-,13-/m0/s1. The van der Waals surface area contributed by atoms with Crippen LogP contribution >= 0.6 is 0 Å². The summed E-state index contributed by atoms with van der Waals surface area (Å²) in [4.78, 5) is 24.1. The zero-order valence-corrected chi connectivity index (χ0v) is 13.4. The third-order valence-electron chi connectivity index (χ3n) is 3.38. The van der Waals surface area contributed by atoms with Crippen LogP contribution in [-0.2, 0) is 9.59 Å². The molecule has 1 amide bonds. The minimum Gasteiger partial charge on any atom is -0.345 e. The Kier molecular flexibility index (Phi) is 7.91. The van der Waals surface area contributed by atoms with Gasteiger partial charge in [0, 0.05) is 12.0 Å². The van der Waals surface area contributed by atoms with Crippen LogP contribution in [0.5, 0.6) is 0 Å². The maximum atomic E-state index is 12.2. The van der Waals surface area contributed by atoms with E-state index < -0.39 is 6.04 Å². The Labute approximate surface area is 117 Å². The van der Waals surface area contributed by atoms with Crippen molar-refractivity contribution in [2.45, 2.75) is 73.0 Å². The predicted molar refractivity (Wildman–Crippen MR) is 79.0 cm³/mol. The zero-order valence-electron chi connectivity index (χ0n) is 13.4. The number of ketones is 1. The van der Waals surface area contributed by atoms with Crippen molar-refractivity contribution < 1.29 is 9.59 Å². The lowest BCUT2D eigenvalue weighted by molar-refractivity contribution is -0.130. The molecule has 19 heavy (non-hydrogen) atoms. The van der Waals surface area contributed by atoms with Crippen molar-refractivity contribution in [3.8, 4) is 0 Å². The van der Waals surface area contributed by atoms with Crippen molar-refractivity contribution in [2.24, 2.45) is 11.8 Å². The largest absolute Gasteiger partial charge is 0.345 e. The molecule has 3 atom stereocenters. The van der Waals surface area contributed by atoms with Crippen LogP contribution in [0, 0.1) is 11.8 Å². The molecule has 0 saturated carbocycles. The number of Topliss-reactive ketones (excluding diaryl/α,β-unsaturated/α-hetero) is 1. The molecule has 4 nitrogen and oxygen atoms in total. The maximum Gasteiger partial charge on any atom is 0.237 e. The van der Waals surface area contributed by atoms with Crippen molar-refractivity contribution in [1.82, 2.24) is 10.6 Å². The summed E-state index contributed by atoms with van der Waals surface area (Å²) in [5, 5.41) is 6.14. The number of carbonyl (C=O) groups is 2. The summed E-state index contributed by atoms with van der Waals surface area (Å²) in [5.74, 6) is 0.113. The monoisotopic (exact) mass is 270 g/mol. The summed E-state index contributed by atoms with van der Waals surface area (Å²) in [6.07, 6.45) is 0.969. The van der Waals surface area contributed by atoms with E-state index in [0.29, 0.717) is 0 Å². The van der Waals surface area contributed by atoms with E-state index in [0.717, 1.165) is 6.42 Å². The predicted octanol–water partition coefficient (Wildman–Crippen LogP) is 2.13. The number of carbonyl (C=O) groups excluding carboxylic acids is 2. The second-order valence-electron chi connectivity index (χ2n) is 5.98. The van der Waals surface area contributed by atoms with Crippen LogP contribution < -0.4 is 10.6 Å². The molecule has 0 spiro atoms. The molecule has 0 radical (unpaired) electrons. The molecular weight excluding hydrogens is 240 g/mol. The van der Waals surface area contributed by atoms with Crippen LogP contribution in [0.1, 0.15) is 54.9 Å². The Morgan fingerprint density at radius 1 is 1.00 bits per heavy atom. The maximum absolute atomic E-state index is 12.2. The molecule has 0 fully saturated rings. The minimum atomic E-state index is -0.424. The van der Waals surface area contributed by atoms with Gasteiger partial charge in [-0.2, -0.15) is 0 Å². The average Bonchev–Trinajstić information content (AvgIpc) is 2.33. The van der Waals surface area contributed by atoms with Gasteiger partial charge in [0.05, 0.1) is 12.1 Å². The summed E-state index contributed by atoms with van der Waals surface area (Å²) in [6.45, 7) is 13.6. The quantitative estimate of drug-likeness (QED) is 0.710. The Hall–Kier alpha value is -0.900. The fourth-order valence-corrected chi connectivity index (χ4v) is 1.87. The highest BCUT2D eigenvalue weighted by Gasteiger charge is 2.26. The summed E-state index contributed by atoms with van der Waals surface area (Å²) >= 11 is 0. The van der Waals surface area contributed by atoms with E-state index in [1.807, 2.05) is 27.7 Å².